The van der Waals surface area contributed by atoms with Gasteiger partial charge in [0.05, 0.1) is 19.9 Å². The Balaban J connectivity index is 1.62. The van der Waals surface area contributed by atoms with Gasteiger partial charge in [-0.25, -0.2) is 4.79 Å². The number of amides is 1. The van der Waals surface area contributed by atoms with Crippen LogP contribution >= 0.6 is 11.3 Å². The van der Waals surface area contributed by atoms with Gasteiger partial charge in [-0.3, -0.25) is 4.79 Å². The molecule has 0 spiro atoms. The maximum Gasteiger partial charge on any atom is 0.350 e. The molecular weight excluding hydrogens is 368 g/mol. The average molecular weight is 386 g/mol. The Kier molecular flexibility index (Phi) is 5.77. The Morgan fingerprint density at radius 3 is 2.37 bits per heavy atom. The van der Waals surface area contributed by atoms with Gasteiger partial charge in [-0.1, -0.05) is 0 Å². The molecule has 0 radical (unpaired) electrons. The van der Waals surface area contributed by atoms with Crippen LogP contribution in [0.2, 0.25) is 0 Å². The molecule has 27 heavy (non-hydrogen) atoms. The van der Waals surface area contributed by atoms with Gasteiger partial charge in [0.2, 0.25) is 0 Å². The lowest BCUT2D eigenvalue weighted by molar-refractivity contribution is -0.119. The molecule has 1 amide bonds. The highest BCUT2D eigenvalue weighted by Crippen LogP contribution is 2.26. The molecule has 0 fully saturated rings. The summed E-state index contributed by atoms with van der Waals surface area (Å²) in [6.07, 6.45) is 3.67. The first kappa shape index (κ1) is 18.5. The molecule has 0 aliphatic rings. The highest BCUT2D eigenvalue weighted by molar-refractivity contribution is 7.12. The number of anilines is 1. The van der Waals surface area contributed by atoms with Crippen molar-refractivity contribution in [2.75, 3.05) is 26.1 Å². The predicted octanol–water partition coefficient (Wildman–Crippen LogP) is 3.35. The summed E-state index contributed by atoms with van der Waals surface area (Å²) in [7, 11) is 3.04. The number of benzene rings is 1. The van der Waals surface area contributed by atoms with E-state index in [9.17, 15) is 9.59 Å². The van der Waals surface area contributed by atoms with E-state index < -0.39 is 18.5 Å². The molecule has 8 heteroatoms. The second-order valence-electron chi connectivity index (χ2n) is 5.45. The van der Waals surface area contributed by atoms with E-state index in [4.69, 9.17) is 14.2 Å². The van der Waals surface area contributed by atoms with E-state index in [1.54, 1.807) is 23.6 Å². The van der Waals surface area contributed by atoms with Gasteiger partial charge in [0.25, 0.3) is 5.91 Å². The minimum Gasteiger partial charge on any atom is -0.497 e. The van der Waals surface area contributed by atoms with Crippen molar-refractivity contribution in [1.29, 1.82) is 0 Å². The maximum atomic E-state index is 12.3. The van der Waals surface area contributed by atoms with Crippen molar-refractivity contribution in [1.82, 2.24) is 4.57 Å². The van der Waals surface area contributed by atoms with E-state index >= 15 is 0 Å². The number of methoxy groups -OCH3 is 2. The molecule has 3 rings (SSSR count). The van der Waals surface area contributed by atoms with Crippen molar-refractivity contribution < 1.29 is 23.8 Å². The molecule has 2 heterocycles. The first-order valence-corrected chi connectivity index (χ1v) is 8.89. The van der Waals surface area contributed by atoms with E-state index in [0.29, 0.717) is 27.8 Å². The molecule has 0 aliphatic heterocycles. The molecule has 1 N–H and O–H groups in total. The van der Waals surface area contributed by atoms with Gasteiger partial charge in [0, 0.05) is 36.3 Å². The van der Waals surface area contributed by atoms with Crippen molar-refractivity contribution in [3.8, 4) is 17.2 Å². The van der Waals surface area contributed by atoms with Crippen LogP contribution in [0.25, 0.3) is 5.69 Å². The van der Waals surface area contributed by atoms with Crippen LogP contribution in [0.15, 0.2) is 54.2 Å². The van der Waals surface area contributed by atoms with Crippen molar-refractivity contribution in [2.24, 2.45) is 0 Å². The topological polar surface area (TPSA) is 78.8 Å². The van der Waals surface area contributed by atoms with Crippen LogP contribution < -0.4 is 14.8 Å². The fourth-order valence-electron chi connectivity index (χ4n) is 2.43. The minimum absolute atomic E-state index is 0.401. The summed E-state index contributed by atoms with van der Waals surface area (Å²) in [6, 6.07) is 10.5. The molecule has 2 aromatic heterocycles. The molecule has 140 valence electrons. The quantitative estimate of drug-likeness (QED) is 0.630. The summed E-state index contributed by atoms with van der Waals surface area (Å²) < 4.78 is 17.3. The van der Waals surface area contributed by atoms with E-state index in [1.165, 1.54) is 25.6 Å². The van der Waals surface area contributed by atoms with Crippen molar-refractivity contribution in [3.63, 3.8) is 0 Å². The number of carbonyl (C=O) groups excluding carboxylic acids is 2. The van der Waals surface area contributed by atoms with Crippen molar-refractivity contribution in [3.05, 3.63) is 59.0 Å². The molecule has 0 aliphatic carbocycles. The number of nitrogens with zero attached hydrogens (tertiary/aromatic N) is 1. The Bertz CT molecular complexity index is 911. The summed E-state index contributed by atoms with van der Waals surface area (Å²) in [5, 5.41) is 4.46. The van der Waals surface area contributed by atoms with Gasteiger partial charge >= 0.3 is 5.97 Å². The number of hydrogen-bond acceptors (Lipinski definition) is 6. The molecule has 0 saturated heterocycles. The third kappa shape index (κ3) is 4.48. The van der Waals surface area contributed by atoms with Crippen LogP contribution in [0.4, 0.5) is 5.69 Å². The summed E-state index contributed by atoms with van der Waals surface area (Å²) >= 11 is 1.26. The van der Waals surface area contributed by atoms with Gasteiger partial charge < -0.3 is 24.1 Å². The molecule has 1 aromatic carbocycles. The largest absolute Gasteiger partial charge is 0.497 e. The van der Waals surface area contributed by atoms with Gasteiger partial charge in [0.15, 0.2) is 6.61 Å². The molecular formula is C19H18N2O5S. The normalized spacial score (nSPS) is 10.3. The first-order chi connectivity index (χ1) is 13.1. The van der Waals surface area contributed by atoms with Crippen molar-refractivity contribution >= 4 is 28.9 Å². The minimum atomic E-state index is -0.549. The number of ether oxygens (including phenoxy) is 3. The number of thiophene rings is 1. The standard InChI is InChI=1S/C19H18N2O5S/c1-24-14-9-13(10-15(11-14)25-2)20-17(22)12-26-19(23)18-16(5-8-27-18)21-6-3-4-7-21/h3-11H,12H2,1-2H3,(H,20,22). The van der Waals surface area contributed by atoms with Gasteiger partial charge in [0.1, 0.15) is 16.4 Å². The van der Waals surface area contributed by atoms with Crippen LogP contribution in [0.1, 0.15) is 9.67 Å². The van der Waals surface area contributed by atoms with Crippen LogP contribution in [0.3, 0.4) is 0 Å². The summed E-state index contributed by atoms with van der Waals surface area (Å²) in [5.74, 6) is 0.0676. The number of aromatic nitrogens is 1. The zero-order chi connectivity index (χ0) is 19.2. The average Bonchev–Trinajstić information content (AvgIpc) is 3.36. The third-order valence-corrected chi connectivity index (χ3v) is 4.57. The van der Waals surface area contributed by atoms with E-state index in [0.717, 1.165) is 0 Å². The van der Waals surface area contributed by atoms with Gasteiger partial charge in [-0.15, -0.1) is 11.3 Å². The highest BCUT2D eigenvalue weighted by atomic mass is 32.1. The van der Waals surface area contributed by atoms with Gasteiger partial charge in [-0.05, 0) is 23.6 Å². The molecule has 0 unspecified atom stereocenters. The lowest BCUT2D eigenvalue weighted by atomic mass is 10.2. The van der Waals surface area contributed by atoms with Crippen molar-refractivity contribution in [2.45, 2.75) is 0 Å². The number of rotatable bonds is 7. The first-order valence-electron chi connectivity index (χ1n) is 8.01. The highest BCUT2D eigenvalue weighted by Gasteiger charge is 2.17. The Hall–Kier alpha value is -3.26. The second kappa shape index (κ2) is 8.41. The lowest BCUT2D eigenvalue weighted by Gasteiger charge is -2.10. The Morgan fingerprint density at radius 2 is 1.74 bits per heavy atom. The zero-order valence-electron chi connectivity index (χ0n) is 14.8. The lowest BCUT2D eigenvalue weighted by Crippen LogP contribution is -2.21. The third-order valence-electron chi connectivity index (χ3n) is 3.68. The molecule has 0 saturated carbocycles. The summed E-state index contributed by atoms with van der Waals surface area (Å²) in [5.41, 5.74) is 1.20. The molecule has 3 aromatic rings. The Morgan fingerprint density at radius 1 is 1.07 bits per heavy atom. The number of nitrogens with one attached hydrogen (secondary N) is 1. The maximum absolute atomic E-state index is 12.3. The second-order valence-corrected chi connectivity index (χ2v) is 6.37. The molecule has 0 atom stereocenters. The fourth-order valence-corrected chi connectivity index (χ4v) is 3.21. The van der Waals surface area contributed by atoms with E-state index in [-0.39, 0.29) is 0 Å². The van der Waals surface area contributed by atoms with Crippen LogP contribution in [-0.2, 0) is 9.53 Å². The summed E-state index contributed by atoms with van der Waals surface area (Å²) in [6.45, 7) is -0.401. The van der Waals surface area contributed by atoms with E-state index in [2.05, 4.69) is 5.32 Å². The predicted molar refractivity (Wildman–Crippen MR) is 102 cm³/mol. The number of hydrogen-bond donors (Lipinski definition) is 1. The zero-order valence-corrected chi connectivity index (χ0v) is 15.6. The number of carbonyl (C=O) groups is 2. The monoisotopic (exact) mass is 386 g/mol. The van der Waals surface area contributed by atoms with Crippen LogP contribution in [-0.4, -0.2) is 37.3 Å². The summed E-state index contributed by atoms with van der Waals surface area (Å²) in [4.78, 5) is 24.9. The van der Waals surface area contributed by atoms with E-state index in [1.807, 2.05) is 35.2 Å². The van der Waals surface area contributed by atoms with Gasteiger partial charge in [-0.2, -0.15) is 0 Å². The smallest absolute Gasteiger partial charge is 0.350 e. The molecule has 0 bridgehead atoms. The van der Waals surface area contributed by atoms with Crippen LogP contribution in [0, 0.1) is 0 Å². The SMILES string of the molecule is COc1cc(NC(=O)COC(=O)c2sccc2-n2cccc2)cc(OC)c1. The fraction of sp³-hybridized carbons (Fsp3) is 0.158. The Labute approximate surface area is 160 Å². The number of esters is 1. The molecule has 7 nitrogen and oxygen atoms in total. The van der Waals surface area contributed by atoms with Crippen LogP contribution in [0.5, 0.6) is 11.5 Å².